The van der Waals surface area contributed by atoms with Crippen LogP contribution >= 0.6 is 0 Å². The zero-order valence-electron chi connectivity index (χ0n) is 25.2. The number of nitrogens with zero attached hydrogens (tertiary/aromatic N) is 2. The van der Waals surface area contributed by atoms with Gasteiger partial charge in [-0.25, -0.2) is 9.78 Å². The van der Waals surface area contributed by atoms with Crippen LogP contribution in [0.15, 0.2) is 72.8 Å². The number of para-hydroxylation sites is 2. The summed E-state index contributed by atoms with van der Waals surface area (Å²) in [6.07, 6.45) is 0.268. The minimum atomic E-state index is -0.855. The summed E-state index contributed by atoms with van der Waals surface area (Å²) < 4.78 is 11.5. The minimum Gasteiger partial charge on any atom is -0.488 e. The summed E-state index contributed by atoms with van der Waals surface area (Å²) in [5.41, 5.74) is 3.89. The minimum absolute atomic E-state index is 0.198. The van der Waals surface area contributed by atoms with Gasteiger partial charge in [0, 0.05) is 19.4 Å². The molecule has 1 unspecified atom stereocenters. The van der Waals surface area contributed by atoms with E-state index < -0.39 is 17.7 Å². The van der Waals surface area contributed by atoms with Crippen molar-refractivity contribution in [2.24, 2.45) is 0 Å². The molecule has 2 amide bonds. The van der Waals surface area contributed by atoms with Crippen LogP contribution < -0.4 is 10.1 Å². The molecule has 42 heavy (non-hydrogen) atoms. The molecule has 2 N–H and O–H groups in total. The Morgan fingerprint density at radius 1 is 0.929 bits per heavy atom. The molecule has 1 aliphatic heterocycles. The van der Waals surface area contributed by atoms with Gasteiger partial charge in [-0.2, -0.15) is 0 Å². The van der Waals surface area contributed by atoms with Crippen molar-refractivity contribution in [2.75, 3.05) is 0 Å². The number of hydrogen-bond donors (Lipinski definition) is 2. The smallest absolute Gasteiger partial charge is 0.408 e. The van der Waals surface area contributed by atoms with E-state index in [0.717, 1.165) is 33.7 Å². The van der Waals surface area contributed by atoms with Gasteiger partial charge >= 0.3 is 6.09 Å². The second-order valence-corrected chi connectivity index (χ2v) is 12.9. The molecule has 0 radical (unpaired) electrons. The highest BCUT2D eigenvalue weighted by molar-refractivity contribution is 5.87. The number of aromatic amines is 1. The van der Waals surface area contributed by atoms with Gasteiger partial charge in [-0.3, -0.25) is 4.79 Å². The molecule has 1 aromatic heterocycles. The maximum absolute atomic E-state index is 14.5. The first kappa shape index (κ1) is 29.2. The average molecular weight is 569 g/mol. The predicted octanol–water partition coefficient (Wildman–Crippen LogP) is 6.50. The molecule has 1 aliphatic rings. The van der Waals surface area contributed by atoms with Crippen LogP contribution in [0.2, 0.25) is 0 Å². The van der Waals surface area contributed by atoms with Gasteiger partial charge in [-0.15, -0.1) is 0 Å². The van der Waals surface area contributed by atoms with E-state index in [-0.39, 0.29) is 17.6 Å². The molecule has 3 aromatic carbocycles. The van der Waals surface area contributed by atoms with Crippen molar-refractivity contribution in [3.63, 3.8) is 0 Å². The normalized spacial score (nSPS) is 16.0. The van der Waals surface area contributed by atoms with Crippen molar-refractivity contribution in [1.29, 1.82) is 0 Å². The lowest BCUT2D eigenvalue weighted by atomic mass is 9.92. The molecule has 0 saturated heterocycles. The van der Waals surface area contributed by atoms with Crippen molar-refractivity contribution in [2.45, 2.75) is 84.2 Å². The summed E-state index contributed by atoms with van der Waals surface area (Å²) in [5.74, 6) is 1.27. The first-order valence-electron chi connectivity index (χ1n) is 14.4. The van der Waals surface area contributed by atoms with Gasteiger partial charge in [0.05, 0.1) is 17.1 Å². The lowest BCUT2D eigenvalue weighted by molar-refractivity contribution is -0.137. The van der Waals surface area contributed by atoms with Crippen molar-refractivity contribution in [3.05, 3.63) is 95.3 Å². The van der Waals surface area contributed by atoms with Gasteiger partial charge in [-0.1, -0.05) is 48.5 Å². The zero-order chi connectivity index (χ0) is 30.1. The third-order valence-corrected chi connectivity index (χ3v) is 7.03. The molecule has 8 heteroatoms. The lowest BCUT2D eigenvalue weighted by Gasteiger charge is -2.38. The highest BCUT2D eigenvalue weighted by Gasteiger charge is 2.37. The summed E-state index contributed by atoms with van der Waals surface area (Å²) in [7, 11) is 0. The van der Waals surface area contributed by atoms with Gasteiger partial charge in [-0.05, 0) is 82.5 Å². The molecule has 0 aliphatic carbocycles. The van der Waals surface area contributed by atoms with Crippen LogP contribution in [0.3, 0.4) is 0 Å². The largest absolute Gasteiger partial charge is 0.488 e. The maximum Gasteiger partial charge on any atom is 0.408 e. The number of nitrogens with one attached hydrogen (secondary N) is 2. The van der Waals surface area contributed by atoms with Crippen molar-refractivity contribution in [3.8, 4) is 5.75 Å². The molecule has 2 heterocycles. The highest BCUT2D eigenvalue weighted by Crippen LogP contribution is 2.34. The van der Waals surface area contributed by atoms with E-state index in [1.807, 2.05) is 86.3 Å². The molecular formula is C34H40N4O4. The third-order valence-electron chi connectivity index (χ3n) is 7.03. The fraction of sp³-hybridized carbons (Fsp3) is 0.382. The summed E-state index contributed by atoms with van der Waals surface area (Å²) in [6.45, 7) is 11.8. The molecule has 0 spiro atoms. The van der Waals surface area contributed by atoms with E-state index in [4.69, 9.17) is 14.5 Å². The number of fused-ring (bicyclic) bond motifs is 2. The monoisotopic (exact) mass is 568 g/mol. The Labute approximate surface area is 247 Å². The number of hydrogen-bond acceptors (Lipinski definition) is 5. The third kappa shape index (κ3) is 7.11. The van der Waals surface area contributed by atoms with Gasteiger partial charge in [0.2, 0.25) is 5.91 Å². The Morgan fingerprint density at radius 2 is 1.60 bits per heavy atom. The summed E-state index contributed by atoms with van der Waals surface area (Å²) in [6, 6.07) is 22.5. The molecule has 0 saturated carbocycles. The Balaban J connectivity index is 1.47. The second kappa shape index (κ2) is 11.5. The Hall–Kier alpha value is -4.33. The Bertz CT molecular complexity index is 1530. The quantitative estimate of drug-likeness (QED) is 0.277. The van der Waals surface area contributed by atoms with Gasteiger partial charge in [0.1, 0.15) is 28.8 Å². The van der Waals surface area contributed by atoms with Crippen molar-refractivity contribution < 1.29 is 19.1 Å². The number of ether oxygens (including phenoxy) is 2. The number of H-pyrrole nitrogens is 1. The van der Waals surface area contributed by atoms with Crippen LogP contribution in [0.4, 0.5) is 4.79 Å². The number of carbonyl (C=O) groups excluding carboxylic acids is 2. The summed E-state index contributed by atoms with van der Waals surface area (Å²) in [5, 5.41) is 2.88. The van der Waals surface area contributed by atoms with Crippen LogP contribution in [0.25, 0.3) is 11.0 Å². The van der Waals surface area contributed by atoms with Crippen LogP contribution in [-0.4, -0.2) is 44.1 Å². The number of amides is 2. The SMILES string of the molecule is CC(C)(C)OC(=O)N[C@@H](Cc1ccc(OC(C)(C)C)cc1)C(=O)N1Cc2ccccc2CC1c1nc2ccccc2[nH]1. The maximum atomic E-state index is 14.5. The molecule has 0 bridgehead atoms. The van der Waals surface area contributed by atoms with E-state index in [1.165, 1.54) is 5.56 Å². The summed E-state index contributed by atoms with van der Waals surface area (Å²) >= 11 is 0. The van der Waals surface area contributed by atoms with Gasteiger partial charge < -0.3 is 24.7 Å². The molecule has 4 aromatic rings. The lowest BCUT2D eigenvalue weighted by Crippen LogP contribution is -2.52. The Kier molecular flexibility index (Phi) is 7.99. The number of alkyl carbamates (subject to hydrolysis) is 1. The fourth-order valence-corrected chi connectivity index (χ4v) is 5.26. The number of aromatic nitrogens is 2. The van der Waals surface area contributed by atoms with Gasteiger partial charge in [0.25, 0.3) is 0 Å². The number of rotatable bonds is 6. The predicted molar refractivity (Wildman–Crippen MR) is 163 cm³/mol. The first-order chi connectivity index (χ1) is 19.8. The van der Waals surface area contributed by atoms with Gasteiger partial charge in [0.15, 0.2) is 0 Å². The fourth-order valence-electron chi connectivity index (χ4n) is 5.26. The van der Waals surface area contributed by atoms with Crippen LogP contribution in [-0.2, 0) is 28.9 Å². The standard InChI is InChI=1S/C34H40N4O4/c1-33(2,3)41-25-17-15-22(16-18-25)19-28(37-32(40)42-34(4,5)6)31(39)38-21-24-12-8-7-11-23(24)20-29(38)30-35-26-13-9-10-14-27(26)36-30/h7-18,28-29H,19-21H2,1-6H3,(H,35,36)(H,37,40)/t28-,29?/m0/s1. The van der Waals surface area contributed by atoms with E-state index in [0.29, 0.717) is 19.4 Å². The van der Waals surface area contributed by atoms with E-state index in [2.05, 4.69) is 22.4 Å². The zero-order valence-corrected chi connectivity index (χ0v) is 25.2. The highest BCUT2D eigenvalue weighted by atomic mass is 16.6. The van der Waals surface area contributed by atoms with Crippen molar-refractivity contribution in [1.82, 2.24) is 20.2 Å². The number of benzene rings is 3. The van der Waals surface area contributed by atoms with E-state index in [9.17, 15) is 9.59 Å². The number of imidazole rings is 1. The Morgan fingerprint density at radius 3 is 2.26 bits per heavy atom. The molecule has 8 nitrogen and oxygen atoms in total. The average Bonchev–Trinajstić information content (AvgIpc) is 3.35. The van der Waals surface area contributed by atoms with Crippen molar-refractivity contribution >= 4 is 23.0 Å². The van der Waals surface area contributed by atoms with E-state index in [1.54, 1.807) is 20.8 Å². The molecule has 5 rings (SSSR count). The van der Waals surface area contributed by atoms with Crippen LogP contribution in [0.1, 0.15) is 70.1 Å². The van der Waals surface area contributed by atoms with E-state index >= 15 is 0 Å². The molecular weight excluding hydrogens is 528 g/mol. The topological polar surface area (TPSA) is 96.5 Å². The molecule has 220 valence electrons. The molecule has 0 fully saturated rings. The van der Waals surface area contributed by atoms with Crippen LogP contribution in [0.5, 0.6) is 5.75 Å². The number of carbonyl (C=O) groups is 2. The molecule has 2 atom stereocenters. The summed E-state index contributed by atoms with van der Waals surface area (Å²) in [4.78, 5) is 37.6. The first-order valence-corrected chi connectivity index (χ1v) is 14.4. The second-order valence-electron chi connectivity index (χ2n) is 12.9. The van der Waals surface area contributed by atoms with Crippen LogP contribution in [0, 0.1) is 0 Å².